The van der Waals surface area contributed by atoms with Gasteiger partial charge in [-0.3, -0.25) is 0 Å². The van der Waals surface area contributed by atoms with Crippen molar-refractivity contribution in [2.45, 2.75) is 19.8 Å². The Morgan fingerprint density at radius 2 is 1.38 bits per heavy atom. The normalized spacial score (nSPS) is 8.35. The first-order valence-corrected chi connectivity index (χ1v) is 11.9. The van der Waals surface area contributed by atoms with Crippen LogP contribution in [-0.2, 0) is 16.0 Å². The van der Waals surface area contributed by atoms with Crippen molar-refractivity contribution >= 4 is 24.2 Å². The summed E-state index contributed by atoms with van der Waals surface area (Å²) in [5.74, 6) is -0.394. The van der Waals surface area contributed by atoms with Crippen LogP contribution < -0.4 is 5.73 Å². The lowest BCUT2D eigenvalue weighted by atomic mass is 10.1. The molecular formula is C32H45N3O2. The molecule has 2 N–H and O–H groups in total. The molecule has 0 fully saturated rings. The summed E-state index contributed by atoms with van der Waals surface area (Å²) in [5, 5.41) is 7.51. The van der Waals surface area contributed by atoms with Crippen LogP contribution in [0.4, 0.5) is 0 Å². The van der Waals surface area contributed by atoms with Crippen LogP contribution in [0.25, 0.3) is 18.2 Å². The van der Waals surface area contributed by atoms with Gasteiger partial charge in [0.1, 0.15) is 0 Å². The van der Waals surface area contributed by atoms with E-state index in [1.807, 2.05) is 48.6 Å². The molecule has 0 unspecified atom stereocenters. The molecule has 200 valence electrons. The molecule has 0 radical (unpaired) electrons. The lowest BCUT2D eigenvalue weighted by Gasteiger charge is -2.05. The topological polar surface area (TPSA) is 79.4 Å². The zero-order chi connectivity index (χ0) is 28.9. The predicted molar refractivity (Wildman–Crippen MR) is 163 cm³/mol. The van der Waals surface area contributed by atoms with Crippen LogP contribution in [0, 0.1) is 11.3 Å². The van der Waals surface area contributed by atoms with Crippen molar-refractivity contribution in [3.05, 3.63) is 116 Å². The first kappa shape index (κ1) is 37.6. The van der Waals surface area contributed by atoms with E-state index in [0.29, 0.717) is 0 Å². The summed E-state index contributed by atoms with van der Waals surface area (Å²) in [4.78, 5) is 12.0. The fourth-order valence-corrected chi connectivity index (χ4v) is 2.43. The Kier molecular flexibility index (Phi) is 28.7. The minimum atomic E-state index is -0.394. The van der Waals surface area contributed by atoms with Crippen LogP contribution in [0.15, 0.2) is 93.6 Å². The number of carbonyl (C=O) groups is 1. The smallest absolute Gasteiger partial charge is 0.329 e. The highest BCUT2D eigenvalue weighted by Crippen LogP contribution is 2.10. The SMILES string of the molecule is C=CC#N.C=CC(=O)OC.C=Cc1ccccc1C=C.C=Cc1ccccc1CC.CN(C)CCCN. The van der Waals surface area contributed by atoms with Crippen LogP contribution in [0.5, 0.6) is 0 Å². The monoisotopic (exact) mass is 503 g/mol. The summed E-state index contributed by atoms with van der Waals surface area (Å²) >= 11 is 0. The molecule has 0 saturated carbocycles. The number of rotatable bonds is 8. The van der Waals surface area contributed by atoms with Gasteiger partial charge >= 0.3 is 5.97 Å². The van der Waals surface area contributed by atoms with Crippen LogP contribution >= 0.6 is 0 Å². The average molecular weight is 504 g/mol. The zero-order valence-electron chi connectivity index (χ0n) is 23.2. The van der Waals surface area contributed by atoms with Gasteiger partial charge in [-0.05, 0) is 62.3 Å². The Balaban J connectivity index is -0.000000406. The fraction of sp³-hybridized carbons (Fsp3) is 0.250. The third-order valence-corrected chi connectivity index (χ3v) is 4.36. The van der Waals surface area contributed by atoms with E-state index in [2.05, 4.69) is 81.7 Å². The summed E-state index contributed by atoms with van der Waals surface area (Å²) in [5.41, 5.74) is 10.2. The van der Waals surface area contributed by atoms with Crippen molar-refractivity contribution in [3.8, 4) is 6.07 Å². The quantitative estimate of drug-likeness (QED) is 0.243. The van der Waals surface area contributed by atoms with E-state index in [1.165, 1.54) is 24.3 Å². The van der Waals surface area contributed by atoms with E-state index in [-0.39, 0.29) is 0 Å². The van der Waals surface area contributed by atoms with Gasteiger partial charge in [0.15, 0.2) is 0 Å². The van der Waals surface area contributed by atoms with Gasteiger partial charge < -0.3 is 15.4 Å². The number of nitrogens with two attached hydrogens (primary N) is 1. The Labute approximate surface area is 225 Å². The number of esters is 1. The van der Waals surface area contributed by atoms with Gasteiger partial charge in [0.2, 0.25) is 0 Å². The largest absolute Gasteiger partial charge is 0.466 e. The molecule has 0 bridgehead atoms. The van der Waals surface area contributed by atoms with Gasteiger partial charge in [-0.2, -0.15) is 5.26 Å². The predicted octanol–water partition coefficient (Wildman–Crippen LogP) is 6.80. The lowest BCUT2D eigenvalue weighted by molar-refractivity contribution is -0.134. The van der Waals surface area contributed by atoms with Crippen LogP contribution in [0.1, 0.15) is 35.6 Å². The molecule has 0 saturated heterocycles. The number of allylic oxidation sites excluding steroid dienone is 1. The summed E-state index contributed by atoms with van der Waals surface area (Å²) in [7, 11) is 5.41. The number of aryl methyl sites for hydroxylation is 1. The second kappa shape index (κ2) is 28.3. The molecule has 0 aliphatic carbocycles. The van der Waals surface area contributed by atoms with E-state index >= 15 is 0 Å². The van der Waals surface area contributed by atoms with E-state index in [4.69, 9.17) is 11.0 Å². The maximum absolute atomic E-state index is 9.84. The molecule has 5 nitrogen and oxygen atoms in total. The Morgan fingerprint density at radius 3 is 1.59 bits per heavy atom. The van der Waals surface area contributed by atoms with Crippen molar-refractivity contribution in [2.75, 3.05) is 34.3 Å². The van der Waals surface area contributed by atoms with Crippen molar-refractivity contribution in [1.29, 1.82) is 5.26 Å². The van der Waals surface area contributed by atoms with Crippen LogP contribution in [0.2, 0.25) is 0 Å². The molecule has 0 amide bonds. The van der Waals surface area contributed by atoms with Gasteiger partial charge in [-0.1, -0.05) is 107 Å². The number of nitriles is 1. The molecule has 2 aromatic carbocycles. The highest BCUT2D eigenvalue weighted by atomic mass is 16.5. The minimum Gasteiger partial charge on any atom is -0.466 e. The number of methoxy groups -OCH3 is 1. The molecule has 0 aliphatic rings. The molecule has 0 aliphatic heterocycles. The Morgan fingerprint density at radius 1 is 0.946 bits per heavy atom. The van der Waals surface area contributed by atoms with E-state index in [1.54, 1.807) is 6.07 Å². The molecule has 0 spiro atoms. The standard InChI is InChI=1S/C10H12.C10H10.C5H14N2.C4H6O2.C3H3N/c2*1-3-9-7-5-6-8-10(9)4-2;1-7(2)5-3-4-6;1-3-4(5)6-2;1-2-3-4/h3,5-8H,1,4H2,2H3;3-8H,1-2H2;3-6H2,1-2H3;3H,1H2,2H3;2H,1H2. The number of benzene rings is 2. The number of nitrogens with zero attached hydrogens (tertiary/aromatic N) is 2. The number of carbonyl (C=O) groups excluding carboxylic acids is 1. The Bertz CT molecular complexity index is 930. The van der Waals surface area contributed by atoms with E-state index < -0.39 is 5.97 Å². The zero-order valence-corrected chi connectivity index (χ0v) is 23.2. The maximum Gasteiger partial charge on any atom is 0.329 e. The first-order valence-electron chi connectivity index (χ1n) is 11.9. The minimum absolute atomic E-state index is 0.394. The molecule has 5 heteroatoms. The number of hydrogen-bond acceptors (Lipinski definition) is 5. The summed E-state index contributed by atoms with van der Waals surface area (Å²) in [6.07, 6.45) is 10.0. The number of ether oxygens (including phenoxy) is 1. The van der Waals surface area contributed by atoms with Crippen molar-refractivity contribution in [1.82, 2.24) is 4.90 Å². The summed E-state index contributed by atoms with van der Waals surface area (Å²) in [6, 6.07) is 18.0. The fourth-order valence-electron chi connectivity index (χ4n) is 2.43. The number of hydrogen-bond donors (Lipinski definition) is 1. The van der Waals surface area contributed by atoms with Gasteiger partial charge in [-0.25, -0.2) is 4.79 Å². The highest BCUT2D eigenvalue weighted by Gasteiger charge is 1.92. The van der Waals surface area contributed by atoms with Crippen molar-refractivity contribution in [3.63, 3.8) is 0 Å². The second-order valence-corrected chi connectivity index (χ2v) is 7.30. The van der Waals surface area contributed by atoms with Crippen LogP contribution in [-0.4, -0.2) is 45.2 Å². The molecule has 0 heterocycles. The third kappa shape index (κ3) is 23.5. The molecule has 2 rings (SSSR count). The van der Waals surface area contributed by atoms with Crippen LogP contribution in [0.3, 0.4) is 0 Å². The van der Waals surface area contributed by atoms with Crippen molar-refractivity contribution < 1.29 is 9.53 Å². The van der Waals surface area contributed by atoms with E-state index in [9.17, 15) is 4.79 Å². The molecule has 0 atom stereocenters. The lowest BCUT2D eigenvalue weighted by Crippen LogP contribution is -2.16. The van der Waals surface area contributed by atoms with Gasteiger partial charge in [-0.15, -0.1) is 0 Å². The molecule has 37 heavy (non-hydrogen) atoms. The molecule has 2 aromatic rings. The maximum atomic E-state index is 9.84. The van der Waals surface area contributed by atoms with E-state index in [0.717, 1.165) is 43.1 Å². The first-order chi connectivity index (χ1) is 17.8. The summed E-state index contributed by atoms with van der Waals surface area (Å²) in [6.45, 7) is 21.5. The second-order valence-electron chi connectivity index (χ2n) is 7.30. The van der Waals surface area contributed by atoms with Gasteiger partial charge in [0.05, 0.1) is 13.2 Å². The van der Waals surface area contributed by atoms with Crippen molar-refractivity contribution in [2.24, 2.45) is 5.73 Å². The highest BCUT2D eigenvalue weighted by molar-refractivity contribution is 5.80. The molecule has 0 aromatic heterocycles. The summed E-state index contributed by atoms with van der Waals surface area (Å²) < 4.78 is 4.14. The van der Waals surface area contributed by atoms with Gasteiger partial charge in [0.25, 0.3) is 0 Å². The Hall–Kier alpha value is -3.98. The molecular weight excluding hydrogens is 458 g/mol. The third-order valence-electron chi connectivity index (χ3n) is 4.36. The van der Waals surface area contributed by atoms with Gasteiger partial charge in [0, 0.05) is 12.2 Å². The average Bonchev–Trinajstić information content (AvgIpc) is 2.96.